The number of hydrogen-bond acceptors (Lipinski definition) is 2. The topological polar surface area (TPSA) is 20.3 Å². The minimum absolute atomic E-state index is 0.00808. The average molecular weight is 275 g/mol. The van der Waals surface area contributed by atoms with Crippen molar-refractivity contribution in [1.29, 1.82) is 0 Å². The van der Waals surface area contributed by atoms with Gasteiger partial charge in [0.1, 0.15) is 0 Å². The van der Waals surface area contributed by atoms with Crippen LogP contribution in [-0.2, 0) is 0 Å². The summed E-state index contributed by atoms with van der Waals surface area (Å²) < 4.78 is 0. The SMILES string of the molecule is CN(C)/C=C/C(=O)c1ccc(C#Cc2ccccc2)cc1. The van der Waals surface area contributed by atoms with Gasteiger partial charge < -0.3 is 4.90 Å². The summed E-state index contributed by atoms with van der Waals surface area (Å²) in [4.78, 5) is 13.7. The Morgan fingerprint density at radius 3 is 2.05 bits per heavy atom. The van der Waals surface area contributed by atoms with Gasteiger partial charge in [0.15, 0.2) is 5.78 Å². The van der Waals surface area contributed by atoms with Crippen LogP contribution in [0.4, 0.5) is 0 Å². The molecule has 0 aliphatic heterocycles. The molecule has 0 saturated heterocycles. The number of ketones is 1. The summed E-state index contributed by atoms with van der Waals surface area (Å²) in [6.07, 6.45) is 3.30. The van der Waals surface area contributed by atoms with Crippen molar-refractivity contribution >= 4 is 5.78 Å². The van der Waals surface area contributed by atoms with Crippen LogP contribution in [0.5, 0.6) is 0 Å². The van der Waals surface area contributed by atoms with Crippen LogP contribution in [0.3, 0.4) is 0 Å². The van der Waals surface area contributed by atoms with Crippen molar-refractivity contribution in [3.63, 3.8) is 0 Å². The highest BCUT2D eigenvalue weighted by molar-refractivity contribution is 6.04. The lowest BCUT2D eigenvalue weighted by atomic mass is 10.1. The second-order valence-electron chi connectivity index (χ2n) is 4.84. The van der Waals surface area contributed by atoms with E-state index in [0.717, 1.165) is 11.1 Å². The molecule has 2 aromatic carbocycles. The molecule has 21 heavy (non-hydrogen) atoms. The van der Waals surface area contributed by atoms with Gasteiger partial charge in [-0.25, -0.2) is 0 Å². The van der Waals surface area contributed by atoms with E-state index in [1.54, 1.807) is 24.4 Å². The largest absolute Gasteiger partial charge is 0.383 e. The maximum atomic E-state index is 11.9. The molecule has 0 aromatic heterocycles. The Labute approximate surface area is 125 Å². The van der Waals surface area contributed by atoms with E-state index in [4.69, 9.17) is 0 Å². The Bertz CT molecular complexity index is 686. The lowest BCUT2D eigenvalue weighted by Crippen LogP contribution is -2.03. The van der Waals surface area contributed by atoms with Crippen LogP contribution in [-0.4, -0.2) is 24.8 Å². The number of rotatable bonds is 3. The van der Waals surface area contributed by atoms with Crippen molar-refractivity contribution < 1.29 is 4.79 Å². The summed E-state index contributed by atoms with van der Waals surface area (Å²) in [6.45, 7) is 0. The standard InChI is InChI=1S/C19H17NO/c1-20(2)15-14-19(21)18-12-10-17(11-13-18)9-8-16-6-4-3-5-7-16/h3-7,10-15H,1-2H3/b15-14+. The zero-order valence-electron chi connectivity index (χ0n) is 12.2. The molecular formula is C19H17NO. The molecule has 0 aliphatic rings. The van der Waals surface area contributed by atoms with Crippen molar-refractivity contribution in [2.75, 3.05) is 14.1 Å². The Kier molecular flexibility index (Phi) is 4.95. The minimum Gasteiger partial charge on any atom is -0.383 e. The lowest BCUT2D eigenvalue weighted by Gasteiger charge is -2.02. The molecule has 2 heteroatoms. The van der Waals surface area contributed by atoms with Gasteiger partial charge in [0.25, 0.3) is 0 Å². The van der Waals surface area contributed by atoms with Gasteiger partial charge in [0, 0.05) is 43.1 Å². The van der Waals surface area contributed by atoms with Crippen LogP contribution in [0.15, 0.2) is 66.9 Å². The summed E-state index contributed by atoms with van der Waals surface area (Å²) in [5.41, 5.74) is 2.54. The smallest absolute Gasteiger partial charge is 0.187 e. The van der Waals surface area contributed by atoms with Crippen LogP contribution in [0, 0.1) is 11.8 Å². The molecule has 0 amide bonds. The third-order valence-electron chi connectivity index (χ3n) is 2.82. The Morgan fingerprint density at radius 2 is 1.48 bits per heavy atom. The van der Waals surface area contributed by atoms with Gasteiger partial charge in [0.05, 0.1) is 0 Å². The molecule has 0 N–H and O–H groups in total. The molecule has 104 valence electrons. The van der Waals surface area contributed by atoms with Gasteiger partial charge in [-0.2, -0.15) is 0 Å². The maximum Gasteiger partial charge on any atom is 0.187 e. The number of benzene rings is 2. The normalized spacial score (nSPS) is 10.0. The van der Waals surface area contributed by atoms with Gasteiger partial charge in [-0.1, -0.05) is 30.0 Å². The molecule has 2 nitrogen and oxygen atoms in total. The summed E-state index contributed by atoms with van der Waals surface area (Å²) in [7, 11) is 3.76. The summed E-state index contributed by atoms with van der Waals surface area (Å²) in [6, 6.07) is 17.2. The van der Waals surface area contributed by atoms with Crippen molar-refractivity contribution in [1.82, 2.24) is 4.90 Å². The van der Waals surface area contributed by atoms with E-state index in [-0.39, 0.29) is 5.78 Å². The third-order valence-corrected chi connectivity index (χ3v) is 2.82. The van der Waals surface area contributed by atoms with Crippen LogP contribution in [0.1, 0.15) is 21.5 Å². The number of carbonyl (C=O) groups is 1. The first-order valence-corrected chi connectivity index (χ1v) is 6.71. The highest BCUT2D eigenvalue weighted by atomic mass is 16.1. The van der Waals surface area contributed by atoms with Gasteiger partial charge >= 0.3 is 0 Å². The Hall–Kier alpha value is -2.79. The van der Waals surface area contributed by atoms with E-state index in [1.165, 1.54) is 0 Å². The third kappa shape index (κ3) is 4.67. The first-order chi connectivity index (χ1) is 10.1. The van der Waals surface area contributed by atoms with Crippen LogP contribution in [0.2, 0.25) is 0 Å². The molecule has 0 unspecified atom stereocenters. The number of allylic oxidation sites excluding steroid dienone is 1. The zero-order chi connectivity index (χ0) is 15.1. The lowest BCUT2D eigenvalue weighted by molar-refractivity contribution is 0.104. The van der Waals surface area contributed by atoms with E-state index in [2.05, 4.69) is 11.8 Å². The fourth-order valence-corrected chi connectivity index (χ4v) is 1.70. The van der Waals surface area contributed by atoms with Gasteiger partial charge in [-0.15, -0.1) is 0 Å². The average Bonchev–Trinajstić information content (AvgIpc) is 2.52. The minimum atomic E-state index is -0.00808. The molecule has 0 atom stereocenters. The molecule has 0 spiro atoms. The van der Waals surface area contributed by atoms with E-state index in [0.29, 0.717) is 5.56 Å². The molecule has 2 rings (SSSR count). The molecule has 0 saturated carbocycles. The molecule has 2 aromatic rings. The van der Waals surface area contributed by atoms with Crippen molar-refractivity contribution in [3.8, 4) is 11.8 Å². The summed E-state index contributed by atoms with van der Waals surface area (Å²) in [5.74, 6) is 6.18. The van der Waals surface area contributed by atoms with Crippen molar-refractivity contribution in [2.24, 2.45) is 0 Å². The molecule has 0 bridgehead atoms. The monoisotopic (exact) mass is 275 g/mol. The van der Waals surface area contributed by atoms with Gasteiger partial charge in [0.2, 0.25) is 0 Å². The quantitative estimate of drug-likeness (QED) is 0.486. The molecule has 0 fully saturated rings. The molecular weight excluding hydrogens is 258 g/mol. The summed E-state index contributed by atoms with van der Waals surface area (Å²) in [5, 5.41) is 0. The Balaban J connectivity index is 2.09. The van der Waals surface area contributed by atoms with Crippen LogP contribution >= 0.6 is 0 Å². The van der Waals surface area contributed by atoms with E-state index < -0.39 is 0 Å². The zero-order valence-corrected chi connectivity index (χ0v) is 12.2. The highest BCUT2D eigenvalue weighted by Gasteiger charge is 2.00. The van der Waals surface area contributed by atoms with Gasteiger partial charge in [-0.05, 0) is 36.4 Å². The molecule has 0 aliphatic carbocycles. The predicted octanol–water partition coefficient (Wildman–Crippen LogP) is 3.34. The van der Waals surface area contributed by atoms with Crippen molar-refractivity contribution in [3.05, 3.63) is 83.6 Å². The maximum absolute atomic E-state index is 11.9. The fourth-order valence-electron chi connectivity index (χ4n) is 1.70. The van der Waals surface area contributed by atoms with E-state index in [9.17, 15) is 4.79 Å². The van der Waals surface area contributed by atoms with E-state index >= 15 is 0 Å². The fraction of sp³-hybridized carbons (Fsp3) is 0.105. The number of nitrogens with zero attached hydrogens (tertiary/aromatic N) is 1. The van der Waals surface area contributed by atoms with Gasteiger partial charge in [-0.3, -0.25) is 4.79 Å². The Morgan fingerprint density at radius 1 is 0.905 bits per heavy atom. The second-order valence-corrected chi connectivity index (χ2v) is 4.84. The molecule has 0 radical (unpaired) electrons. The first-order valence-electron chi connectivity index (χ1n) is 6.71. The van der Waals surface area contributed by atoms with Crippen molar-refractivity contribution in [2.45, 2.75) is 0 Å². The van der Waals surface area contributed by atoms with Crippen LogP contribution < -0.4 is 0 Å². The molecule has 0 heterocycles. The van der Waals surface area contributed by atoms with Crippen LogP contribution in [0.25, 0.3) is 0 Å². The highest BCUT2D eigenvalue weighted by Crippen LogP contribution is 2.06. The predicted molar refractivity (Wildman–Crippen MR) is 86.0 cm³/mol. The second kappa shape index (κ2) is 7.12. The summed E-state index contributed by atoms with van der Waals surface area (Å²) >= 11 is 0. The first kappa shape index (κ1) is 14.6. The van der Waals surface area contributed by atoms with E-state index in [1.807, 2.05) is 61.5 Å². The number of hydrogen-bond donors (Lipinski definition) is 0. The number of carbonyl (C=O) groups excluding carboxylic acids is 1.